The van der Waals surface area contributed by atoms with Crippen LogP contribution in [0.25, 0.3) is 0 Å². The molecule has 2 aliphatic rings. The molecule has 1 aliphatic carbocycles. The SMILES string of the molecule is O=C(c1cccc(Cl)n1)N1CC(F)(F)[C@H](O)[C@H]1C1CCCC1. The Hall–Kier alpha value is -1.27. The molecule has 1 aromatic rings. The summed E-state index contributed by atoms with van der Waals surface area (Å²) in [4.78, 5) is 17.5. The molecule has 2 atom stereocenters. The maximum Gasteiger partial charge on any atom is 0.292 e. The van der Waals surface area contributed by atoms with Crippen LogP contribution in [-0.2, 0) is 0 Å². The van der Waals surface area contributed by atoms with Crippen LogP contribution in [0.4, 0.5) is 8.78 Å². The van der Waals surface area contributed by atoms with E-state index in [0.717, 1.165) is 30.6 Å². The summed E-state index contributed by atoms with van der Waals surface area (Å²) < 4.78 is 27.9. The molecule has 0 bridgehead atoms. The molecule has 1 N–H and O–H groups in total. The first-order valence-corrected chi connectivity index (χ1v) is 7.77. The quantitative estimate of drug-likeness (QED) is 0.848. The van der Waals surface area contributed by atoms with E-state index in [1.54, 1.807) is 6.07 Å². The van der Waals surface area contributed by atoms with Crippen LogP contribution in [0.2, 0.25) is 5.15 Å². The summed E-state index contributed by atoms with van der Waals surface area (Å²) >= 11 is 5.76. The van der Waals surface area contributed by atoms with Gasteiger partial charge in [0.05, 0.1) is 12.6 Å². The maximum absolute atomic E-state index is 14.0. The lowest BCUT2D eigenvalue weighted by molar-refractivity contribution is -0.0851. The molecule has 0 aromatic carbocycles. The highest BCUT2D eigenvalue weighted by Crippen LogP contribution is 2.41. The van der Waals surface area contributed by atoms with Crippen molar-refractivity contribution in [3.8, 4) is 0 Å². The average Bonchev–Trinajstić information content (AvgIpc) is 3.06. The van der Waals surface area contributed by atoms with Crippen molar-refractivity contribution in [2.75, 3.05) is 6.54 Å². The third kappa shape index (κ3) is 2.70. The Balaban J connectivity index is 1.91. The lowest BCUT2D eigenvalue weighted by atomic mass is 9.93. The molecule has 120 valence electrons. The van der Waals surface area contributed by atoms with Crippen molar-refractivity contribution >= 4 is 17.5 Å². The molecule has 2 fully saturated rings. The van der Waals surface area contributed by atoms with E-state index in [9.17, 15) is 18.7 Å². The summed E-state index contributed by atoms with van der Waals surface area (Å²) in [5, 5.41) is 10.1. The molecular formula is C15H17ClF2N2O2. The summed E-state index contributed by atoms with van der Waals surface area (Å²) in [6, 6.07) is 3.66. The number of likely N-dealkylation sites (tertiary alicyclic amines) is 1. The highest BCUT2D eigenvalue weighted by atomic mass is 35.5. The Morgan fingerprint density at radius 3 is 2.68 bits per heavy atom. The topological polar surface area (TPSA) is 53.4 Å². The van der Waals surface area contributed by atoms with Gasteiger partial charge in [-0.2, -0.15) is 0 Å². The molecule has 0 spiro atoms. The summed E-state index contributed by atoms with van der Waals surface area (Å²) in [7, 11) is 0. The summed E-state index contributed by atoms with van der Waals surface area (Å²) in [5.74, 6) is -3.98. The molecule has 1 aliphatic heterocycles. The van der Waals surface area contributed by atoms with Crippen molar-refractivity contribution in [1.82, 2.24) is 9.88 Å². The first-order chi connectivity index (χ1) is 10.4. The summed E-state index contributed by atoms with van der Waals surface area (Å²) in [6.07, 6.45) is 1.57. The smallest absolute Gasteiger partial charge is 0.292 e. The standard InChI is InChI=1S/C15H17ClF2N2O2/c16-11-7-3-6-10(19-11)14(22)20-8-15(17,18)13(21)12(20)9-4-1-2-5-9/h3,6-7,9,12-13,21H,1-2,4-5,8H2/t12-,13-/m1/s1. The van der Waals surface area contributed by atoms with Crippen LogP contribution in [0.15, 0.2) is 18.2 Å². The monoisotopic (exact) mass is 330 g/mol. The van der Waals surface area contributed by atoms with Crippen LogP contribution in [0.1, 0.15) is 36.2 Å². The fourth-order valence-electron chi connectivity index (χ4n) is 3.54. The van der Waals surface area contributed by atoms with E-state index < -0.39 is 30.5 Å². The van der Waals surface area contributed by atoms with Crippen molar-refractivity contribution in [2.45, 2.75) is 43.8 Å². The third-order valence-corrected chi connectivity index (χ3v) is 4.79. The van der Waals surface area contributed by atoms with Crippen LogP contribution in [-0.4, -0.2) is 45.5 Å². The minimum atomic E-state index is -3.29. The number of alkyl halides is 2. The van der Waals surface area contributed by atoms with Gasteiger partial charge in [-0.1, -0.05) is 30.5 Å². The van der Waals surface area contributed by atoms with E-state index in [1.807, 2.05) is 0 Å². The van der Waals surface area contributed by atoms with Crippen molar-refractivity contribution in [3.05, 3.63) is 29.0 Å². The Morgan fingerprint density at radius 2 is 2.05 bits per heavy atom. The summed E-state index contributed by atoms with van der Waals surface area (Å²) in [6.45, 7) is -0.775. The Kier molecular flexibility index (Phi) is 4.07. The van der Waals surface area contributed by atoms with Gasteiger partial charge in [0, 0.05) is 0 Å². The lowest BCUT2D eigenvalue weighted by Gasteiger charge is -2.30. The van der Waals surface area contributed by atoms with Gasteiger partial charge < -0.3 is 10.0 Å². The van der Waals surface area contributed by atoms with Gasteiger partial charge in [0.1, 0.15) is 17.0 Å². The molecule has 1 saturated heterocycles. The van der Waals surface area contributed by atoms with Gasteiger partial charge in [-0.3, -0.25) is 4.79 Å². The van der Waals surface area contributed by atoms with Gasteiger partial charge in [-0.15, -0.1) is 0 Å². The van der Waals surface area contributed by atoms with E-state index >= 15 is 0 Å². The second-order valence-electron chi connectivity index (χ2n) is 6.02. The second kappa shape index (κ2) is 5.74. The largest absolute Gasteiger partial charge is 0.385 e. The molecule has 2 heterocycles. The van der Waals surface area contributed by atoms with E-state index in [4.69, 9.17) is 11.6 Å². The number of halogens is 3. The molecule has 0 unspecified atom stereocenters. The highest BCUT2D eigenvalue weighted by Gasteiger charge is 2.57. The van der Waals surface area contributed by atoms with Gasteiger partial charge in [-0.25, -0.2) is 13.8 Å². The van der Waals surface area contributed by atoms with Crippen LogP contribution in [0.5, 0.6) is 0 Å². The zero-order valence-corrected chi connectivity index (χ0v) is 12.6. The van der Waals surface area contributed by atoms with Crippen LogP contribution in [0, 0.1) is 5.92 Å². The first kappa shape index (κ1) is 15.6. The molecular weight excluding hydrogens is 314 g/mol. The highest BCUT2D eigenvalue weighted by molar-refractivity contribution is 6.29. The fraction of sp³-hybridized carbons (Fsp3) is 0.600. The molecule has 1 amide bonds. The zero-order valence-electron chi connectivity index (χ0n) is 11.9. The van der Waals surface area contributed by atoms with Crippen molar-refractivity contribution in [1.29, 1.82) is 0 Å². The van der Waals surface area contributed by atoms with Gasteiger partial charge >= 0.3 is 0 Å². The predicted molar refractivity (Wildman–Crippen MR) is 77.0 cm³/mol. The minimum absolute atomic E-state index is 0.0281. The van der Waals surface area contributed by atoms with E-state index in [-0.39, 0.29) is 16.8 Å². The van der Waals surface area contributed by atoms with E-state index in [2.05, 4.69) is 4.98 Å². The lowest BCUT2D eigenvalue weighted by Crippen LogP contribution is -2.45. The normalized spacial score (nSPS) is 28.3. The maximum atomic E-state index is 14.0. The Morgan fingerprint density at radius 1 is 1.36 bits per heavy atom. The van der Waals surface area contributed by atoms with E-state index in [0.29, 0.717) is 0 Å². The van der Waals surface area contributed by atoms with Crippen molar-refractivity contribution < 1.29 is 18.7 Å². The molecule has 3 rings (SSSR count). The number of hydrogen-bond acceptors (Lipinski definition) is 3. The van der Waals surface area contributed by atoms with Crippen molar-refractivity contribution in [2.24, 2.45) is 5.92 Å². The predicted octanol–water partition coefficient (Wildman–Crippen LogP) is 2.75. The number of aliphatic hydroxyl groups is 1. The number of hydrogen-bond donors (Lipinski definition) is 1. The number of aromatic nitrogens is 1. The Labute approximate surface area is 132 Å². The van der Waals surface area contributed by atoms with Gasteiger partial charge in [0.25, 0.3) is 11.8 Å². The Bertz CT molecular complexity index is 578. The first-order valence-electron chi connectivity index (χ1n) is 7.39. The third-order valence-electron chi connectivity index (χ3n) is 4.58. The molecule has 0 radical (unpaired) electrons. The zero-order chi connectivity index (χ0) is 15.9. The molecule has 7 heteroatoms. The summed E-state index contributed by atoms with van der Waals surface area (Å²) in [5.41, 5.74) is 0.0281. The number of carbonyl (C=O) groups is 1. The molecule has 22 heavy (non-hydrogen) atoms. The van der Waals surface area contributed by atoms with Gasteiger partial charge in [0.15, 0.2) is 0 Å². The average molecular weight is 331 g/mol. The van der Waals surface area contributed by atoms with Crippen LogP contribution in [0.3, 0.4) is 0 Å². The van der Waals surface area contributed by atoms with E-state index in [1.165, 1.54) is 12.1 Å². The second-order valence-corrected chi connectivity index (χ2v) is 6.41. The molecule has 1 saturated carbocycles. The number of aliphatic hydroxyl groups excluding tert-OH is 1. The van der Waals surface area contributed by atoms with Crippen LogP contribution < -0.4 is 0 Å². The van der Waals surface area contributed by atoms with Gasteiger partial charge in [-0.05, 0) is 30.9 Å². The number of nitrogens with zero attached hydrogens (tertiary/aromatic N) is 2. The number of carbonyl (C=O) groups excluding carboxylic acids is 1. The van der Waals surface area contributed by atoms with Gasteiger partial charge in [0.2, 0.25) is 0 Å². The molecule has 1 aromatic heterocycles. The van der Waals surface area contributed by atoms with Crippen molar-refractivity contribution in [3.63, 3.8) is 0 Å². The minimum Gasteiger partial charge on any atom is -0.385 e. The number of rotatable bonds is 2. The fourth-order valence-corrected chi connectivity index (χ4v) is 3.70. The number of pyridine rings is 1. The molecule has 4 nitrogen and oxygen atoms in total. The number of amides is 1. The van der Waals surface area contributed by atoms with Crippen LogP contribution >= 0.6 is 11.6 Å².